The number of anilines is 1. The van der Waals surface area contributed by atoms with Gasteiger partial charge < -0.3 is 14.8 Å². The normalized spacial score (nSPS) is 10.8. The number of carbonyl (C=O) groups is 1. The molecule has 0 heterocycles. The molecule has 0 aliphatic rings. The fourth-order valence-corrected chi connectivity index (χ4v) is 3.13. The van der Waals surface area contributed by atoms with Crippen LogP contribution in [0.25, 0.3) is 6.08 Å². The van der Waals surface area contributed by atoms with Gasteiger partial charge in [-0.2, -0.15) is 5.26 Å². The Bertz CT molecular complexity index is 1300. The standard InChI is InChI=1S/C25H20ClN3O5/c1-16-3-9-21(29(31)32)13-22(16)28-25(30)19(14-27)11-18-6-10-23(33-2)24(12-18)34-15-17-4-7-20(26)8-5-17/h3-13H,15H2,1-2H3,(H,28,30)/b19-11+. The lowest BCUT2D eigenvalue weighted by molar-refractivity contribution is -0.384. The summed E-state index contributed by atoms with van der Waals surface area (Å²) in [6.07, 6.45) is 1.40. The lowest BCUT2D eigenvalue weighted by Crippen LogP contribution is -2.14. The highest BCUT2D eigenvalue weighted by Gasteiger charge is 2.15. The van der Waals surface area contributed by atoms with Gasteiger partial charge in [0, 0.05) is 17.2 Å². The number of hydrogen-bond acceptors (Lipinski definition) is 6. The summed E-state index contributed by atoms with van der Waals surface area (Å²) in [7, 11) is 1.51. The molecule has 1 N–H and O–H groups in total. The van der Waals surface area contributed by atoms with Gasteiger partial charge >= 0.3 is 0 Å². The van der Waals surface area contributed by atoms with Gasteiger partial charge in [-0.05, 0) is 54.0 Å². The topological polar surface area (TPSA) is 114 Å². The van der Waals surface area contributed by atoms with Crippen molar-refractivity contribution in [2.45, 2.75) is 13.5 Å². The molecule has 0 radical (unpaired) electrons. The number of methoxy groups -OCH3 is 1. The van der Waals surface area contributed by atoms with E-state index in [-0.39, 0.29) is 23.6 Å². The Hall–Kier alpha value is -4.35. The molecule has 0 saturated heterocycles. The van der Waals surface area contributed by atoms with Crippen LogP contribution in [0, 0.1) is 28.4 Å². The van der Waals surface area contributed by atoms with Crippen LogP contribution in [0.2, 0.25) is 5.02 Å². The van der Waals surface area contributed by atoms with Crippen molar-refractivity contribution in [2.24, 2.45) is 0 Å². The Morgan fingerprint density at radius 2 is 1.88 bits per heavy atom. The Balaban J connectivity index is 1.82. The number of rotatable bonds is 8. The first-order valence-electron chi connectivity index (χ1n) is 10.0. The summed E-state index contributed by atoms with van der Waals surface area (Å²) >= 11 is 5.91. The number of nitro benzene ring substituents is 1. The summed E-state index contributed by atoms with van der Waals surface area (Å²) < 4.78 is 11.2. The van der Waals surface area contributed by atoms with Gasteiger partial charge in [0.25, 0.3) is 11.6 Å². The first kappa shape index (κ1) is 24.3. The smallest absolute Gasteiger partial charge is 0.271 e. The number of non-ortho nitro benzene ring substituents is 1. The number of benzene rings is 3. The molecule has 1 amide bonds. The van der Waals surface area contributed by atoms with Crippen molar-refractivity contribution in [1.82, 2.24) is 0 Å². The third-order valence-electron chi connectivity index (χ3n) is 4.85. The van der Waals surface area contributed by atoms with E-state index in [0.29, 0.717) is 27.6 Å². The minimum Gasteiger partial charge on any atom is -0.493 e. The zero-order valence-electron chi connectivity index (χ0n) is 18.4. The average Bonchev–Trinajstić information content (AvgIpc) is 2.83. The molecule has 0 aliphatic carbocycles. The van der Waals surface area contributed by atoms with Crippen molar-refractivity contribution >= 4 is 35.0 Å². The molecule has 0 aromatic heterocycles. The lowest BCUT2D eigenvalue weighted by atomic mass is 10.1. The van der Waals surface area contributed by atoms with E-state index < -0.39 is 10.8 Å². The second-order valence-electron chi connectivity index (χ2n) is 7.21. The number of aryl methyl sites for hydroxylation is 1. The number of nitriles is 1. The van der Waals surface area contributed by atoms with Crippen LogP contribution in [-0.2, 0) is 11.4 Å². The molecule has 8 nitrogen and oxygen atoms in total. The molecule has 0 atom stereocenters. The maximum Gasteiger partial charge on any atom is 0.271 e. The minimum absolute atomic E-state index is 0.166. The largest absolute Gasteiger partial charge is 0.493 e. The monoisotopic (exact) mass is 477 g/mol. The second kappa shape index (κ2) is 11.0. The number of nitrogens with one attached hydrogen (secondary N) is 1. The fraction of sp³-hybridized carbons (Fsp3) is 0.120. The summed E-state index contributed by atoms with van der Waals surface area (Å²) in [6, 6.07) is 18.2. The van der Waals surface area contributed by atoms with Gasteiger partial charge in [0.15, 0.2) is 11.5 Å². The maximum atomic E-state index is 12.7. The summed E-state index contributed by atoms with van der Waals surface area (Å²) in [5.41, 5.74) is 1.97. The molecule has 34 heavy (non-hydrogen) atoms. The predicted molar refractivity (Wildman–Crippen MR) is 129 cm³/mol. The lowest BCUT2D eigenvalue weighted by Gasteiger charge is -2.12. The number of nitro groups is 1. The Morgan fingerprint density at radius 3 is 2.53 bits per heavy atom. The van der Waals surface area contributed by atoms with Gasteiger partial charge in [-0.15, -0.1) is 0 Å². The average molecular weight is 478 g/mol. The summed E-state index contributed by atoms with van der Waals surface area (Å²) in [6.45, 7) is 1.96. The van der Waals surface area contributed by atoms with Crippen molar-refractivity contribution in [3.05, 3.63) is 98.1 Å². The zero-order chi connectivity index (χ0) is 24.7. The van der Waals surface area contributed by atoms with Crippen molar-refractivity contribution in [3.8, 4) is 17.6 Å². The molecule has 3 aromatic rings. The SMILES string of the molecule is COc1ccc(/C=C(\C#N)C(=O)Nc2cc([N+](=O)[O-])ccc2C)cc1OCc1ccc(Cl)cc1. The van der Waals surface area contributed by atoms with Crippen LogP contribution in [0.1, 0.15) is 16.7 Å². The number of halogens is 1. The van der Waals surface area contributed by atoms with Gasteiger partial charge in [0.2, 0.25) is 0 Å². The highest BCUT2D eigenvalue weighted by molar-refractivity contribution is 6.30. The number of carbonyl (C=O) groups excluding carboxylic acids is 1. The Kier molecular flexibility index (Phi) is 7.85. The first-order chi connectivity index (χ1) is 16.3. The number of hydrogen-bond donors (Lipinski definition) is 1. The number of nitrogens with zero attached hydrogens (tertiary/aromatic N) is 2. The molecule has 172 valence electrons. The van der Waals surface area contributed by atoms with Crippen molar-refractivity contribution in [2.75, 3.05) is 12.4 Å². The molecule has 3 aromatic carbocycles. The molecular weight excluding hydrogens is 458 g/mol. The predicted octanol–water partition coefficient (Wildman–Crippen LogP) is 5.69. The van der Waals surface area contributed by atoms with Crippen LogP contribution >= 0.6 is 11.6 Å². The van der Waals surface area contributed by atoms with E-state index in [9.17, 15) is 20.2 Å². The van der Waals surface area contributed by atoms with E-state index in [1.54, 1.807) is 37.3 Å². The third kappa shape index (κ3) is 6.12. The van der Waals surface area contributed by atoms with E-state index in [2.05, 4.69) is 5.32 Å². The van der Waals surface area contributed by atoms with Crippen LogP contribution in [0.3, 0.4) is 0 Å². The minimum atomic E-state index is -0.689. The molecule has 0 spiro atoms. The quantitative estimate of drug-likeness (QED) is 0.193. The Labute approximate surface area is 201 Å². The highest BCUT2D eigenvalue weighted by Crippen LogP contribution is 2.30. The maximum absolute atomic E-state index is 12.7. The molecule has 0 aliphatic heterocycles. The van der Waals surface area contributed by atoms with Crippen LogP contribution in [0.4, 0.5) is 11.4 Å². The molecule has 0 unspecified atom stereocenters. The summed E-state index contributed by atoms with van der Waals surface area (Å²) in [5.74, 6) is 0.227. The summed E-state index contributed by atoms with van der Waals surface area (Å²) in [4.78, 5) is 23.2. The van der Waals surface area contributed by atoms with Crippen LogP contribution in [0.5, 0.6) is 11.5 Å². The molecule has 9 heteroatoms. The van der Waals surface area contributed by atoms with Gasteiger partial charge in [-0.25, -0.2) is 0 Å². The summed E-state index contributed by atoms with van der Waals surface area (Å²) in [5, 5.41) is 23.7. The highest BCUT2D eigenvalue weighted by atomic mass is 35.5. The van der Waals surface area contributed by atoms with E-state index in [1.165, 1.54) is 31.4 Å². The van der Waals surface area contributed by atoms with Crippen molar-refractivity contribution in [1.29, 1.82) is 5.26 Å². The van der Waals surface area contributed by atoms with Gasteiger partial charge in [-0.1, -0.05) is 35.9 Å². The van der Waals surface area contributed by atoms with Crippen LogP contribution in [0.15, 0.2) is 66.2 Å². The van der Waals surface area contributed by atoms with Crippen molar-refractivity contribution in [3.63, 3.8) is 0 Å². The van der Waals surface area contributed by atoms with Gasteiger partial charge in [-0.3, -0.25) is 14.9 Å². The third-order valence-corrected chi connectivity index (χ3v) is 5.10. The molecule has 0 saturated carbocycles. The van der Waals surface area contributed by atoms with Crippen LogP contribution in [-0.4, -0.2) is 17.9 Å². The number of amides is 1. The molecular formula is C25H20ClN3O5. The zero-order valence-corrected chi connectivity index (χ0v) is 19.1. The van der Waals surface area contributed by atoms with E-state index in [4.69, 9.17) is 21.1 Å². The molecule has 0 bridgehead atoms. The van der Waals surface area contributed by atoms with Gasteiger partial charge in [0.05, 0.1) is 17.7 Å². The van der Waals surface area contributed by atoms with Crippen LogP contribution < -0.4 is 14.8 Å². The van der Waals surface area contributed by atoms with E-state index in [1.807, 2.05) is 18.2 Å². The van der Waals surface area contributed by atoms with E-state index in [0.717, 1.165) is 5.56 Å². The second-order valence-corrected chi connectivity index (χ2v) is 7.64. The van der Waals surface area contributed by atoms with Gasteiger partial charge in [0.1, 0.15) is 18.2 Å². The molecule has 0 fully saturated rings. The van der Waals surface area contributed by atoms with Crippen molar-refractivity contribution < 1.29 is 19.2 Å². The van der Waals surface area contributed by atoms with E-state index >= 15 is 0 Å². The molecule has 3 rings (SSSR count). The first-order valence-corrected chi connectivity index (χ1v) is 10.4. The number of ether oxygens (including phenoxy) is 2. The Morgan fingerprint density at radius 1 is 1.15 bits per heavy atom. The fourth-order valence-electron chi connectivity index (χ4n) is 3.00.